The molecule has 0 aromatic heterocycles. The average molecular weight is 225 g/mol. The molecule has 1 saturated heterocycles. The summed E-state index contributed by atoms with van der Waals surface area (Å²) in [4.78, 5) is 14.2. The van der Waals surface area contributed by atoms with Gasteiger partial charge in [0.2, 0.25) is 0 Å². The molecule has 0 aromatic rings. The molecule has 2 aliphatic rings. The van der Waals surface area contributed by atoms with Crippen LogP contribution in [0.1, 0.15) is 46.0 Å². The lowest BCUT2D eigenvalue weighted by Gasteiger charge is -2.35. The number of rotatable bonds is 3. The van der Waals surface area contributed by atoms with Crippen molar-refractivity contribution in [2.45, 2.75) is 64.1 Å². The van der Waals surface area contributed by atoms with Gasteiger partial charge >= 0.3 is 0 Å². The van der Waals surface area contributed by atoms with Gasteiger partial charge in [0.1, 0.15) is 5.78 Å². The quantitative estimate of drug-likeness (QED) is 0.793. The highest BCUT2D eigenvalue weighted by molar-refractivity contribution is 5.83. The van der Waals surface area contributed by atoms with Crippen LogP contribution < -0.4 is 0 Å². The maximum absolute atomic E-state index is 11.8. The average Bonchev–Trinajstić information content (AvgIpc) is 2.84. The third-order valence-corrected chi connectivity index (χ3v) is 4.38. The molecular formula is C13H23NO2. The number of Topliss-reactive ketones (excluding diaryl/α,β-unsaturated/α-hetero) is 1. The van der Waals surface area contributed by atoms with E-state index in [4.69, 9.17) is 0 Å². The van der Waals surface area contributed by atoms with Crippen molar-refractivity contribution in [1.29, 1.82) is 0 Å². The smallest absolute Gasteiger partial charge is 0.137 e. The Morgan fingerprint density at radius 2 is 2.06 bits per heavy atom. The highest BCUT2D eigenvalue weighted by Crippen LogP contribution is 2.34. The molecule has 0 spiro atoms. The van der Waals surface area contributed by atoms with Crippen LogP contribution in [0.3, 0.4) is 0 Å². The normalized spacial score (nSPS) is 35.6. The van der Waals surface area contributed by atoms with Crippen LogP contribution in [-0.4, -0.2) is 40.5 Å². The Kier molecular flexibility index (Phi) is 3.65. The first-order chi connectivity index (χ1) is 7.61. The second-order valence-electron chi connectivity index (χ2n) is 5.39. The summed E-state index contributed by atoms with van der Waals surface area (Å²) >= 11 is 0. The van der Waals surface area contributed by atoms with Crippen LogP contribution in [0.4, 0.5) is 0 Å². The SMILES string of the molecule is CC(O)C(C)N1CCCC1C1CCCC1=O. The number of aliphatic hydroxyl groups is 1. The lowest BCUT2D eigenvalue weighted by Crippen LogP contribution is -2.46. The lowest BCUT2D eigenvalue weighted by atomic mass is 9.94. The highest BCUT2D eigenvalue weighted by atomic mass is 16.3. The van der Waals surface area contributed by atoms with Crippen LogP contribution >= 0.6 is 0 Å². The molecule has 1 heterocycles. The van der Waals surface area contributed by atoms with Gasteiger partial charge < -0.3 is 5.11 Å². The first-order valence-electron chi connectivity index (χ1n) is 6.58. The highest BCUT2D eigenvalue weighted by Gasteiger charge is 2.40. The summed E-state index contributed by atoms with van der Waals surface area (Å²) in [6.07, 6.45) is 4.90. The van der Waals surface area contributed by atoms with Crippen molar-refractivity contribution >= 4 is 5.78 Å². The maximum Gasteiger partial charge on any atom is 0.137 e. The molecule has 4 atom stereocenters. The van der Waals surface area contributed by atoms with Gasteiger partial charge in [-0.1, -0.05) is 0 Å². The number of likely N-dealkylation sites (tertiary alicyclic amines) is 1. The van der Waals surface area contributed by atoms with Gasteiger partial charge in [-0.25, -0.2) is 0 Å². The number of aliphatic hydroxyl groups excluding tert-OH is 1. The Balaban J connectivity index is 2.05. The Hall–Kier alpha value is -0.410. The molecule has 92 valence electrons. The van der Waals surface area contributed by atoms with Crippen molar-refractivity contribution in [2.24, 2.45) is 5.92 Å². The van der Waals surface area contributed by atoms with E-state index in [1.807, 2.05) is 6.92 Å². The van der Waals surface area contributed by atoms with E-state index >= 15 is 0 Å². The summed E-state index contributed by atoms with van der Waals surface area (Å²) in [5, 5.41) is 9.68. The van der Waals surface area contributed by atoms with Crippen LogP contribution in [0.25, 0.3) is 0 Å². The Morgan fingerprint density at radius 3 is 2.62 bits per heavy atom. The largest absolute Gasteiger partial charge is 0.392 e. The topological polar surface area (TPSA) is 40.5 Å². The Labute approximate surface area is 97.8 Å². The molecule has 0 bridgehead atoms. The third-order valence-electron chi connectivity index (χ3n) is 4.38. The van der Waals surface area contributed by atoms with Crippen molar-refractivity contribution < 1.29 is 9.90 Å². The molecule has 2 rings (SSSR count). The molecule has 3 heteroatoms. The van der Waals surface area contributed by atoms with Crippen LogP contribution in [0.15, 0.2) is 0 Å². The molecular weight excluding hydrogens is 202 g/mol. The van der Waals surface area contributed by atoms with Crippen molar-refractivity contribution in [1.82, 2.24) is 4.90 Å². The van der Waals surface area contributed by atoms with E-state index in [9.17, 15) is 9.90 Å². The summed E-state index contributed by atoms with van der Waals surface area (Å²) < 4.78 is 0. The van der Waals surface area contributed by atoms with Gasteiger partial charge in [-0.3, -0.25) is 9.69 Å². The fraction of sp³-hybridized carbons (Fsp3) is 0.923. The number of hydrogen-bond donors (Lipinski definition) is 1. The van der Waals surface area contributed by atoms with Gasteiger partial charge in [0.05, 0.1) is 6.10 Å². The van der Waals surface area contributed by atoms with Gasteiger partial charge in [-0.05, 0) is 46.1 Å². The number of carbonyl (C=O) groups is 1. The second-order valence-corrected chi connectivity index (χ2v) is 5.39. The summed E-state index contributed by atoms with van der Waals surface area (Å²) in [7, 11) is 0. The zero-order chi connectivity index (χ0) is 11.7. The fourth-order valence-corrected chi connectivity index (χ4v) is 3.28. The van der Waals surface area contributed by atoms with Gasteiger partial charge in [0.25, 0.3) is 0 Å². The predicted octanol–water partition coefficient (Wildman–Crippen LogP) is 1.59. The monoisotopic (exact) mass is 225 g/mol. The van der Waals surface area contributed by atoms with Gasteiger partial charge in [-0.15, -0.1) is 0 Å². The molecule has 3 nitrogen and oxygen atoms in total. The molecule has 0 radical (unpaired) electrons. The van der Waals surface area contributed by atoms with Gasteiger partial charge in [-0.2, -0.15) is 0 Å². The molecule has 16 heavy (non-hydrogen) atoms. The van der Waals surface area contributed by atoms with Crippen molar-refractivity contribution in [3.05, 3.63) is 0 Å². The molecule has 1 aliphatic carbocycles. The van der Waals surface area contributed by atoms with E-state index in [1.165, 1.54) is 6.42 Å². The molecule has 1 aliphatic heterocycles. The lowest BCUT2D eigenvalue weighted by molar-refractivity contribution is -0.122. The number of nitrogens with zero attached hydrogens (tertiary/aromatic N) is 1. The summed E-state index contributed by atoms with van der Waals surface area (Å²) in [5.74, 6) is 0.707. The zero-order valence-corrected chi connectivity index (χ0v) is 10.4. The van der Waals surface area contributed by atoms with E-state index in [-0.39, 0.29) is 18.1 Å². The Bertz CT molecular complexity index is 265. The third kappa shape index (κ3) is 2.16. The van der Waals surface area contributed by atoms with Crippen LogP contribution in [-0.2, 0) is 4.79 Å². The van der Waals surface area contributed by atoms with Crippen molar-refractivity contribution in [3.63, 3.8) is 0 Å². The van der Waals surface area contributed by atoms with E-state index < -0.39 is 0 Å². The summed E-state index contributed by atoms with van der Waals surface area (Å²) in [6, 6.07) is 0.584. The van der Waals surface area contributed by atoms with Crippen LogP contribution in [0.2, 0.25) is 0 Å². The van der Waals surface area contributed by atoms with Gasteiger partial charge in [0, 0.05) is 24.4 Å². The van der Waals surface area contributed by atoms with E-state index in [0.717, 1.165) is 32.2 Å². The minimum absolute atomic E-state index is 0.181. The van der Waals surface area contributed by atoms with Gasteiger partial charge in [0.15, 0.2) is 0 Å². The number of carbonyl (C=O) groups excluding carboxylic acids is 1. The molecule has 2 fully saturated rings. The second kappa shape index (κ2) is 4.84. The van der Waals surface area contributed by atoms with E-state index in [0.29, 0.717) is 11.8 Å². The zero-order valence-electron chi connectivity index (χ0n) is 10.4. The number of ketones is 1. The molecule has 0 amide bonds. The minimum Gasteiger partial charge on any atom is -0.392 e. The molecule has 4 unspecified atom stereocenters. The summed E-state index contributed by atoms with van der Waals surface area (Å²) in [6.45, 7) is 4.96. The molecule has 1 N–H and O–H groups in total. The Morgan fingerprint density at radius 1 is 1.31 bits per heavy atom. The fourth-order valence-electron chi connectivity index (χ4n) is 3.28. The summed E-state index contributed by atoms with van der Waals surface area (Å²) in [5.41, 5.74) is 0. The maximum atomic E-state index is 11.8. The first kappa shape index (κ1) is 12.1. The molecule has 0 aromatic carbocycles. The first-order valence-corrected chi connectivity index (χ1v) is 6.58. The van der Waals surface area contributed by atoms with E-state index in [1.54, 1.807) is 0 Å². The van der Waals surface area contributed by atoms with Crippen molar-refractivity contribution in [3.8, 4) is 0 Å². The predicted molar refractivity (Wildman–Crippen MR) is 63.2 cm³/mol. The number of hydrogen-bond acceptors (Lipinski definition) is 3. The standard InChI is InChI=1S/C13H23NO2/c1-9(10(2)15)14-8-4-6-12(14)11-5-3-7-13(11)16/h9-12,15H,3-8H2,1-2H3. The van der Waals surface area contributed by atoms with E-state index in [2.05, 4.69) is 11.8 Å². The minimum atomic E-state index is -0.308. The van der Waals surface area contributed by atoms with Crippen molar-refractivity contribution in [2.75, 3.05) is 6.54 Å². The molecule has 1 saturated carbocycles. The van der Waals surface area contributed by atoms with Crippen LogP contribution in [0.5, 0.6) is 0 Å². The van der Waals surface area contributed by atoms with Crippen LogP contribution in [0, 0.1) is 5.92 Å².